The highest BCUT2D eigenvalue weighted by atomic mass is 19.3. The smallest absolute Gasteiger partial charge is 0.380 e. The Bertz CT molecular complexity index is 2200. The molecule has 8 heteroatoms. The Morgan fingerprint density at radius 2 is 1.08 bits per heavy atom. The number of fused-ring (bicyclic) bond motifs is 2. The first-order valence-electron chi connectivity index (χ1n) is 17.5. The van der Waals surface area contributed by atoms with E-state index >= 15 is 26.3 Å². The van der Waals surface area contributed by atoms with Crippen LogP contribution in [0, 0.1) is 6.92 Å². The van der Waals surface area contributed by atoms with Crippen molar-refractivity contribution in [2.24, 2.45) is 0 Å². The number of hydrogen-bond donors (Lipinski definition) is 0. The van der Waals surface area contributed by atoms with Crippen LogP contribution in [0.4, 0.5) is 26.3 Å². The number of allylic oxidation sites excluding steroid dienone is 2. The Labute approximate surface area is 292 Å². The van der Waals surface area contributed by atoms with Crippen LogP contribution in [0.15, 0.2) is 106 Å². The van der Waals surface area contributed by atoms with Crippen LogP contribution in [0.3, 0.4) is 0 Å². The van der Waals surface area contributed by atoms with Gasteiger partial charge >= 0.3 is 17.8 Å². The molecule has 0 saturated heterocycles. The van der Waals surface area contributed by atoms with Crippen LogP contribution in [0.25, 0.3) is 44.4 Å². The minimum atomic E-state index is -5.76. The quantitative estimate of drug-likeness (QED) is 0.0938. The normalized spacial score (nSPS) is 16.5. The van der Waals surface area contributed by atoms with Gasteiger partial charge < -0.3 is 8.83 Å². The zero-order valence-corrected chi connectivity index (χ0v) is 28.5. The van der Waals surface area contributed by atoms with E-state index in [0.717, 1.165) is 43.2 Å². The molecule has 2 heterocycles. The molecule has 0 spiro atoms. The summed E-state index contributed by atoms with van der Waals surface area (Å²) in [5, 5.41) is 0.0610. The maximum atomic E-state index is 16.5. The van der Waals surface area contributed by atoms with Crippen molar-refractivity contribution in [1.29, 1.82) is 0 Å². The molecule has 2 aromatic heterocycles. The van der Waals surface area contributed by atoms with Crippen LogP contribution in [0.2, 0.25) is 0 Å². The van der Waals surface area contributed by atoms with Crippen molar-refractivity contribution >= 4 is 33.1 Å². The van der Waals surface area contributed by atoms with Gasteiger partial charge in [-0.15, -0.1) is 0 Å². The highest BCUT2D eigenvalue weighted by Crippen LogP contribution is 2.67. The van der Waals surface area contributed by atoms with Gasteiger partial charge in [-0.2, -0.15) is 26.3 Å². The number of aryl methyl sites for hydroxylation is 2. The van der Waals surface area contributed by atoms with Gasteiger partial charge in [0.2, 0.25) is 0 Å². The number of rotatable bonds is 12. The molecule has 4 aromatic carbocycles. The first-order chi connectivity index (χ1) is 24.5. The van der Waals surface area contributed by atoms with E-state index in [0.29, 0.717) is 11.1 Å². The molecule has 0 saturated carbocycles. The fourth-order valence-electron chi connectivity index (χ4n) is 7.20. The second-order valence-electron chi connectivity index (χ2n) is 13.5. The van der Waals surface area contributed by atoms with E-state index < -0.39 is 40.0 Å². The number of unbranched alkanes of at least 4 members (excludes halogenated alkanes) is 5. The molecular formula is C43H38F6O2. The van der Waals surface area contributed by atoms with Crippen LogP contribution in [0.5, 0.6) is 0 Å². The Morgan fingerprint density at radius 3 is 1.73 bits per heavy atom. The second kappa shape index (κ2) is 13.4. The molecule has 1 aliphatic rings. The van der Waals surface area contributed by atoms with Gasteiger partial charge in [0.1, 0.15) is 22.7 Å². The molecule has 0 atom stereocenters. The SMILES string of the molecule is CCCCCCCCc1ccc(-c2oc3ccccc3c2C2=C(c3c(Cc4ccc(C)cc4)oc4ccccc34)C(F)(F)C(F)(F)C2(F)F)cc1. The van der Waals surface area contributed by atoms with Crippen molar-refractivity contribution in [2.75, 3.05) is 0 Å². The Balaban J connectivity index is 1.43. The van der Waals surface area contributed by atoms with Gasteiger partial charge in [0.15, 0.2) is 0 Å². The van der Waals surface area contributed by atoms with Crippen molar-refractivity contribution in [3.05, 3.63) is 131 Å². The molecule has 6 aromatic rings. The van der Waals surface area contributed by atoms with Crippen molar-refractivity contribution in [3.63, 3.8) is 0 Å². The van der Waals surface area contributed by atoms with E-state index in [1.807, 2.05) is 31.2 Å². The summed E-state index contributed by atoms with van der Waals surface area (Å²) in [5.74, 6) is -16.6. The van der Waals surface area contributed by atoms with Crippen molar-refractivity contribution < 1.29 is 35.2 Å². The third kappa shape index (κ3) is 5.96. The van der Waals surface area contributed by atoms with E-state index in [4.69, 9.17) is 8.83 Å². The molecule has 0 bridgehead atoms. The van der Waals surface area contributed by atoms with E-state index in [2.05, 4.69) is 6.92 Å². The average molecular weight is 701 g/mol. The predicted octanol–water partition coefficient (Wildman–Crippen LogP) is 13.5. The van der Waals surface area contributed by atoms with E-state index in [-0.39, 0.29) is 39.9 Å². The van der Waals surface area contributed by atoms with Gasteiger partial charge in [0, 0.05) is 45.0 Å². The van der Waals surface area contributed by atoms with Crippen LogP contribution in [-0.4, -0.2) is 17.8 Å². The predicted molar refractivity (Wildman–Crippen MR) is 191 cm³/mol. The monoisotopic (exact) mass is 700 g/mol. The Kier molecular flexibility index (Phi) is 9.15. The topological polar surface area (TPSA) is 26.3 Å². The largest absolute Gasteiger partial charge is 0.460 e. The summed E-state index contributed by atoms with van der Waals surface area (Å²) in [7, 11) is 0. The molecule has 1 aliphatic carbocycles. The fraction of sp³-hybridized carbons (Fsp3) is 0.302. The summed E-state index contributed by atoms with van der Waals surface area (Å²) < 4.78 is 110. The standard InChI is InChI=1S/C43H38F6O2/c1-3-4-5-6-7-8-13-28-22-24-30(25-23-28)40-37(32-15-10-12-17-34(32)51-40)39-38(41(44,45)43(48,49)42(39,46)47)36-31-14-9-11-16-33(31)50-35(36)26-29-20-18-27(2)19-21-29/h9-12,14-25H,3-8,13,26H2,1-2H3. The van der Waals surface area contributed by atoms with E-state index in [1.54, 1.807) is 36.4 Å². The van der Waals surface area contributed by atoms with Crippen LogP contribution in [-0.2, 0) is 12.8 Å². The summed E-state index contributed by atoms with van der Waals surface area (Å²) in [4.78, 5) is 0. The number of hydrogen-bond acceptors (Lipinski definition) is 2. The summed E-state index contributed by atoms with van der Waals surface area (Å²) >= 11 is 0. The molecule has 0 radical (unpaired) electrons. The summed E-state index contributed by atoms with van der Waals surface area (Å²) in [6.45, 7) is 4.05. The lowest BCUT2D eigenvalue weighted by molar-refractivity contribution is -0.254. The molecule has 0 unspecified atom stereocenters. The van der Waals surface area contributed by atoms with Crippen LogP contribution in [0.1, 0.15) is 79.0 Å². The van der Waals surface area contributed by atoms with Gasteiger partial charge in [-0.05, 0) is 43.0 Å². The Morgan fingerprint density at radius 1 is 0.549 bits per heavy atom. The second-order valence-corrected chi connectivity index (χ2v) is 13.5. The number of furan rings is 2. The average Bonchev–Trinajstić information content (AvgIpc) is 3.70. The molecule has 7 rings (SSSR count). The number of benzene rings is 4. The number of halogens is 6. The highest BCUT2D eigenvalue weighted by Gasteiger charge is 2.81. The van der Waals surface area contributed by atoms with Crippen molar-refractivity contribution in [3.8, 4) is 11.3 Å². The molecular weight excluding hydrogens is 662 g/mol. The summed E-state index contributed by atoms with van der Waals surface area (Å²) in [5.41, 5.74) is -0.740. The van der Waals surface area contributed by atoms with Gasteiger partial charge in [-0.3, -0.25) is 0 Å². The third-order valence-electron chi connectivity index (χ3n) is 9.95. The highest BCUT2D eigenvalue weighted by molar-refractivity contribution is 6.13. The maximum Gasteiger partial charge on any atom is 0.380 e. The van der Waals surface area contributed by atoms with Gasteiger partial charge in [0.05, 0.1) is 0 Å². The zero-order chi connectivity index (χ0) is 36.0. The lowest BCUT2D eigenvalue weighted by Gasteiger charge is -2.26. The van der Waals surface area contributed by atoms with Crippen molar-refractivity contribution in [2.45, 2.75) is 83.0 Å². The molecule has 51 heavy (non-hydrogen) atoms. The van der Waals surface area contributed by atoms with E-state index in [9.17, 15) is 0 Å². The Hall–Kier alpha value is -4.72. The zero-order valence-electron chi connectivity index (χ0n) is 28.5. The minimum absolute atomic E-state index is 0.0252. The molecule has 0 N–H and O–H groups in total. The molecule has 2 nitrogen and oxygen atoms in total. The first-order valence-corrected chi connectivity index (χ1v) is 17.5. The molecule has 0 amide bonds. The maximum absolute atomic E-state index is 16.5. The molecule has 264 valence electrons. The van der Waals surface area contributed by atoms with Gasteiger partial charge in [-0.1, -0.05) is 130 Å². The number of para-hydroxylation sites is 2. The van der Waals surface area contributed by atoms with Crippen LogP contribution < -0.4 is 0 Å². The van der Waals surface area contributed by atoms with Crippen molar-refractivity contribution in [1.82, 2.24) is 0 Å². The molecule has 0 fully saturated rings. The van der Waals surface area contributed by atoms with Crippen LogP contribution >= 0.6 is 0 Å². The van der Waals surface area contributed by atoms with Gasteiger partial charge in [-0.25, -0.2) is 0 Å². The molecule has 0 aliphatic heterocycles. The fourth-order valence-corrected chi connectivity index (χ4v) is 7.20. The lowest BCUT2D eigenvalue weighted by Crippen LogP contribution is -2.49. The van der Waals surface area contributed by atoms with E-state index in [1.165, 1.54) is 49.2 Å². The minimum Gasteiger partial charge on any atom is -0.460 e. The lowest BCUT2D eigenvalue weighted by atomic mass is 9.89. The van der Waals surface area contributed by atoms with Gasteiger partial charge in [0.25, 0.3) is 0 Å². The first kappa shape index (κ1) is 34.7. The number of alkyl halides is 6. The summed E-state index contributed by atoms with van der Waals surface area (Å²) in [6, 6.07) is 26.3. The third-order valence-corrected chi connectivity index (χ3v) is 9.95. The summed E-state index contributed by atoms with van der Waals surface area (Å²) in [6.07, 6.45) is 7.48.